The second kappa shape index (κ2) is 4.78. The number of rotatable bonds is 6. The molecule has 0 saturated heterocycles. The standard InChI is InChI=1S/C11H21NO2/c1-8(2)12(7-6-11(13)14)9(3)10-4-5-10/h8-10H,4-7H2,1-3H3,(H,13,14). The Hall–Kier alpha value is -0.570. The third-order valence-corrected chi connectivity index (χ3v) is 3.07. The number of nitrogens with zero attached hydrogens (tertiary/aromatic N) is 1. The van der Waals surface area contributed by atoms with Gasteiger partial charge in [0.05, 0.1) is 6.42 Å². The van der Waals surface area contributed by atoms with Crippen molar-refractivity contribution in [2.75, 3.05) is 6.54 Å². The summed E-state index contributed by atoms with van der Waals surface area (Å²) >= 11 is 0. The fourth-order valence-electron chi connectivity index (χ4n) is 2.01. The zero-order valence-corrected chi connectivity index (χ0v) is 9.36. The van der Waals surface area contributed by atoms with Gasteiger partial charge >= 0.3 is 5.97 Å². The molecule has 3 heteroatoms. The molecule has 1 fully saturated rings. The summed E-state index contributed by atoms with van der Waals surface area (Å²) in [6, 6.07) is 0.999. The number of carbonyl (C=O) groups is 1. The molecule has 0 aliphatic heterocycles. The van der Waals surface area contributed by atoms with Crippen molar-refractivity contribution in [1.29, 1.82) is 0 Å². The second-order valence-electron chi connectivity index (χ2n) is 4.55. The van der Waals surface area contributed by atoms with Crippen LogP contribution in [0.25, 0.3) is 0 Å². The number of hydrogen-bond donors (Lipinski definition) is 1. The molecule has 1 N–H and O–H groups in total. The van der Waals surface area contributed by atoms with Crippen molar-refractivity contribution in [2.45, 2.75) is 52.1 Å². The van der Waals surface area contributed by atoms with E-state index in [0.717, 1.165) is 5.92 Å². The second-order valence-corrected chi connectivity index (χ2v) is 4.55. The Morgan fingerprint density at radius 1 is 1.43 bits per heavy atom. The quantitative estimate of drug-likeness (QED) is 0.711. The van der Waals surface area contributed by atoms with Crippen LogP contribution < -0.4 is 0 Å². The third-order valence-electron chi connectivity index (χ3n) is 3.07. The van der Waals surface area contributed by atoms with E-state index in [2.05, 4.69) is 25.7 Å². The zero-order chi connectivity index (χ0) is 10.7. The van der Waals surface area contributed by atoms with Crippen LogP contribution in [0.5, 0.6) is 0 Å². The van der Waals surface area contributed by atoms with E-state index >= 15 is 0 Å². The SMILES string of the molecule is CC(C)N(CCC(=O)O)C(C)C1CC1. The lowest BCUT2D eigenvalue weighted by Gasteiger charge is -2.32. The van der Waals surface area contributed by atoms with Crippen molar-refractivity contribution in [3.8, 4) is 0 Å². The van der Waals surface area contributed by atoms with Crippen LogP contribution in [0.1, 0.15) is 40.0 Å². The van der Waals surface area contributed by atoms with Crippen LogP contribution in [-0.2, 0) is 4.79 Å². The smallest absolute Gasteiger partial charge is 0.304 e. The molecule has 0 aromatic carbocycles. The Labute approximate surface area is 86.1 Å². The molecule has 0 heterocycles. The van der Waals surface area contributed by atoms with Gasteiger partial charge in [-0.15, -0.1) is 0 Å². The van der Waals surface area contributed by atoms with Gasteiger partial charge in [0.15, 0.2) is 0 Å². The molecule has 1 atom stereocenters. The fourth-order valence-corrected chi connectivity index (χ4v) is 2.01. The van der Waals surface area contributed by atoms with Gasteiger partial charge in [0.25, 0.3) is 0 Å². The van der Waals surface area contributed by atoms with Crippen molar-refractivity contribution in [2.24, 2.45) is 5.92 Å². The average Bonchev–Trinajstić information content (AvgIpc) is 2.84. The Kier molecular flexibility index (Phi) is 3.93. The molecular formula is C11H21NO2. The molecule has 0 aromatic heterocycles. The van der Waals surface area contributed by atoms with Crippen LogP contribution in [0.3, 0.4) is 0 Å². The highest BCUT2D eigenvalue weighted by Gasteiger charge is 2.32. The van der Waals surface area contributed by atoms with Crippen LogP contribution in [0.2, 0.25) is 0 Å². The number of hydrogen-bond acceptors (Lipinski definition) is 2. The summed E-state index contributed by atoms with van der Waals surface area (Å²) in [6.07, 6.45) is 2.89. The molecule has 1 aliphatic carbocycles. The maximum atomic E-state index is 10.5. The highest BCUT2D eigenvalue weighted by Crippen LogP contribution is 2.35. The normalized spacial score (nSPS) is 18.9. The minimum absolute atomic E-state index is 0.259. The molecule has 1 unspecified atom stereocenters. The van der Waals surface area contributed by atoms with Gasteiger partial charge in [0, 0.05) is 18.6 Å². The van der Waals surface area contributed by atoms with Gasteiger partial charge in [-0.1, -0.05) is 0 Å². The summed E-state index contributed by atoms with van der Waals surface area (Å²) in [5.74, 6) is 0.116. The third kappa shape index (κ3) is 3.29. The van der Waals surface area contributed by atoms with E-state index in [1.807, 2.05) is 0 Å². The first-order chi connectivity index (χ1) is 6.52. The van der Waals surface area contributed by atoms with Gasteiger partial charge in [-0.3, -0.25) is 9.69 Å². The van der Waals surface area contributed by atoms with E-state index in [1.54, 1.807) is 0 Å². The largest absolute Gasteiger partial charge is 0.481 e. The van der Waals surface area contributed by atoms with Gasteiger partial charge in [-0.2, -0.15) is 0 Å². The molecule has 0 amide bonds. The molecule has 0 aromatic rings. The van der Waals surface area contributed by atoms with Crippen molar-refractivity contribution in [3.05, 3.63) is 0 Å². The molecule has 1 rings (SSSR count). The lowest BCUT2D eigenvalue weighted by Crippen LogP contribution is -2.41. The number of aliphatic carboxylic acids is 1. The van der Waals surface area contributed by atoms with E-state index in [9.17, 15) is 4.79 Å². The van der Waals surface area contributed by atoms with E-state index in [4.69, 9.17) is 5.11 Å². The Bertz CT molecular complexity index is 199. The van der Waals surface area contributed by atoms with Crippen LogP contribution in [-0.4, -0.2) is 34.6 Å². The monoisotopic (exact) mass is 199 g/mol. The summed E-state index contributed by atoms with van der Waals surface area (Å²) in [5, 5.41) is 8.65. The Morgan fingerprint density at radius 3 is 2.36 bits per heavy atom. The molecule has 3 nitrogen and oxygen atoms in total. The minimum Gasteiger partial charge on any atom is -0.481 e. The van der Waals surface area contributed by atoms with E-state index in [1.165, 1.54) is 12.8 Å². The zero-order valence-electron chi connectivity index (χ0n) is 9.36. The van der Waals surface area contributed by atoms with E-state index in [-0.39, 0.29) is 6.42 Å². The van der Waals surface area contributed by atoms with Gasteiger partial charge in [-0.05, 0) is 39.5 Å². The van der Waals surface area contributed by atoms with Crippen LogP contribution in [0.15, 0.2) is 0 Å². The molecule has 0 bridgehead atoms. The molecule has 1 saturated carbocycles. The molecule has 0 spiro atoms. The number of carboxylic acids is 1. The van der Waals surface area contributed by atoms with Gasteiger partial charge < -0.3 is 5.11 Å². The van der Waals surface area contributed by atoms with Gasteiger partial charge in [0.1, 0.15) is 0 Å². The predicted molar refractivity (Wildman–Crippen MR) is 56.3 cm³/mol. The lowest BCUT2D eigenvalue weighted by molar-refractivity contribution is -0.137. The highest BCUT2D eigenvalue weighted by atomic mass is 16.4. The Morgan fingerprint density at radius 2 is 2.00 bits per heavy atom. The van der Waals surface area contributed by atoms with E-state index in [0.29, 0.717) is 18.6 Å². The lowest BCUT2D eigenvalue weighted by atomic mass is 10.1. The highest BCUT2D eigenvalue weighted by molar-refractivity contribution is 5.66. The first-order valence-corrected chi connectivity index (χ1v) is 5.50. The summed E-state index contributed by atoms with van der Waals surface area (Å²) in [4.78, 5) is 12.8. The summed E-state index contributed by atoms with van der Waals surface area (Å²) < 4.78 is 0. The van der Waals surface area contributed by atoms with Crippen molar-refractivity contribution < 1.29 is 9.90 Å². The van der Waals surface area contributed by atoms with Crippen molar-refractivity contribution in [3.63, 3.8) is 0 Å². The molecular weight excluding hydrogens is 178 g/mol. The fraction of sp³-hybridized carbons (Fsp3) is 0.909. The summed E-state index contributed by atoms with van der Waals surface area (Å²) in [5.41, 5.74) is 0. The number of carboxylic acid groups (broad SMARTS) is 1. The first kappa shape index (κ1) is 11.5. The Balaban J connectivity index is 2.41. The van der Waals surface area contributed by atoms with E-state index < -0.39 is 5.97 Å². The first-order valence-electron chi connectivity index (χ1n) is 5.50. The molecule has 1 aliphatic rings. The maximum Gasteiger partial charge on any atom is 0.304 e. The summed E-state index contributed by atoms with van der Waals surface area (Å²) in [6.45, 7) is 7.19. The van der Waals surface area contributed by atoms with Crippen molar-refractivity contribution >= 4 is 5.97 Å². The van der Waals surface area contributed by atoms with Crippen LogP contribution in [0.4, 0.5) is 0 Å². The van der Waals surface area contributed by atoms with Gasteiger partial charge in [0.2, 0.25) is 0 Å². The maximum absolute atomic E-state index is 10.5. The summed E-state index contributed by atoms with van der Waals surface area (Å²) in [7, 11) is 0. The topological polar surface area (TPSA) is 40.5 Å². The molecule has 14 heavy (non-hydrogen) atoms. The van der Waals surface area contributed by atoms with Gasteiger partial charge in [-0.25, -0.2) is 0 Å². The predicted octanol–water partition coefficient (Wildman–Crippen LogP) is 1.97. The van der Waals surface area contributed by atoms with Crippen molar-refractivity contribution in [1.82, 2.24) is 4.90 Å². The molecule has 0 radical (unpaired) electrons. The molecule has 82 valence electrons. The minimum atomic E-state index is -0.696. The van der Waals surface area contributed by atoms with Crippen LogP contribution >= 0.6 is 0 Å². The van der Waals surface area contributed by atoms with Crippen LogP contribution in [0, 0.1) is 5.92 Å². The average molecular weight is 199 g/mol.